The summed E-state index contributed by atoms with van der Waals surface area (Å²) in [6, 6.07) is 1.97. The molecule has 1 heterocycles. The maximum absolute atomic E-state index is 13.7. The smallest absolute Gasteiger partial charge is 0.251 e. The molecule has 0 radical (unpaired) electrons. The summed E-state index contributed by atoms with van der Waals surface area (Å²) in [5, 5.41) is 5.05. The number of hydrogen-bond acceptors (Lipinski definition) is 4. The molecule has 0 saturated heterocycles. The van der Waals surface area contributed by atoms with E-state index in [1.54, 1.807) is 13.8 Å². The summed E-state index contributed by atoms with van der Waals surface area (Å²) in [7, 11) is 0. The van der Waals surface area contributed by atoms with Gasteiger partial charge in [0.2, 0.25) is 5.89 Å². The van der Waals surface area contributed by atoms with E-state index >= 15 is 0 Å². The number of nitrogens with one attached hydrogen (secondary N) is 2. The minimum atomic E-state index is -0.811. The Bertz CT molecular complexity index is 632. The average Bonchev–Trinajstić information content (AvgIpc) is 2.85. The van der Waals surface area contributed by atoms with Gasteiger partial charge in [-0.2, -0.15) is 0 Å². The molecule has 21 heavy (non-hydrogen) atoms. The molecule has 0 aliphatic carbocycles. The lowest BCUT2D eigenvalue weighted by Crippen LogP contribution is -2.23. The van der Waals surface area contributed by atoms with Crippen molar-refractivity contribution in [2.24, 2.45) is 0 Å². The topological polar surface area (TPSA) is 67.2 Å². The molecular formula is C14H15F2N3O2. The Hall–Kier alpha value is -2.44. The van der Waals surface area contributed by atoms with Crippen LogP contribution in [0.4, 0.5) is 14.5 Å². The number of carbonyl (C=O) groups excluding carboxylic acids is 1. The normalized spacial score (nSPS) is 10.5. The Labute approximate surface area is 120 Å². The molecule has 1 aromatic heterocycles. The molecule has 0 aliphatic heterocycles. The number of aromatic nitrogens is 1. The minimum Gasteiger partial charge on any atom is -0.444 e. The lowest BCUT2D eigenvalue weighted by Gasteiger charge is -2.09. The Kier molecular flexibility index (Phi) is 4.52. The second kappa shape index (κ2) is 6.34. The first-order chi connectivity index (χ1) is 10.0. The molecule has 5 nitrogen and oxygen atoms in total. The van der Waals surface area contributed by atoms with Crippen molar-refractivity contribution in [1.29, 1.82) is 0 Å². The number of halogens is 2. The number of nitrogens with zero attached hydrogens (tertiary/aromatic N) is 1. The van der Waals surface area contributed by atoms with Crippen molar-refractivity contribution in [2.45, 2.75) is 20.4 Å². The van der Waals surface area contributed by atoms with Gasteiger partial charge in [0.25, 0.3) is 5.91 Å². The highest BCUT2D eigenvalue weighted by Crippen LogP contribution is 2.20. The van der Waals surface area contributed by atoms with Crippen LogP contribution in [0.3, 0.4) is 0 Å². The molecule has 112 valence electrons. The molecule has 0 atom stereocenters. The first-order valence-corrected chi connectivity index (χ1v) is 6.43. The summed E-state index contributed by atoms with van der Waals surface area (Å²) in [6.45, 7) is 3.87. The molecule has 0 unspecified atom stereocenters. The number of aryl methyl sites for hydroxylation is 1. The molecule has 1 aromatic carbocycles. The van der Waals surface area contributed by atoms with Crippen molar-refractivity contribution >= 4 is 11.6 Å². The number of hydrogen-bond donors (Lipinski definition) is 2. The van der Waals surface area contributed by atoms with Crippen LogP contribution in [-0.2, 0) is 6.54 Å². The van der Waals surface area contributed by atoms with E-state index < -0.39 is 17.5 Å². The highest BCUT2D eigenvalue weighted by atomic mass is 19.1. The van der Waals surface area contributed by atoms with Gasteiger partial charge in [-0.1, -0.05) is 0 Å². The van der Waals surface area contributed by atoms with Gasteiger partial charge >= 0.3 is 0 Å². The molecule has 0 spiro atoms. The molecule has 0 aliphatic rings. The first-order valence-electron chi connectivity index (χ1n) is 6.43. The summed E-state index contributed by atoms with van der Waals surface area (Å²) in [6.07, 6.45) is 1.52. The van der Waals surface area contributed by atoms with Crippen molar-refractivity contribution in [3.63, 3.8) is 0 Å². The third-order valence-corrected chi connectivity index (χ3v) is 2.73. The third-order valence-electron chi connectivity index (χ3n) is 2.73. The summed E-state index contributed by atoms with van der Waals surface area (Å²) < 4.78 is 32.6. The van der Waals surface area contributed by atoms with E-state index in [0.717, 1.165) is 12.1 Å². The van der Waals surface area contributed by atoms with Crippen LogP contribution in [0.1, 0.15) is 28.9 Å². The largest absolute Gasteiger partial charge is 0.444 e. The van der Waals surface area contributed by atoms with Crippen LogP contribution < -0.4 is 10.6 Å². The minimum absolute atomic E-state index is 0.0465. The Balaban J connectivity index is 2.08. The van der Waals surface area contributed by atoms with E-state index in [4.69, 9.17) is 4.42 Å². The van der Waals surface area contributed by atoms with Gasteiger partial charge in [0.15, 0.2) is 0 Å². The molecule has 0 bridgehead atoms. The van der Waals surface area contributed by atoms with Gasteiger partial charge in [-0.15, -0.1) is 0 Å². The third kappa shape index (κ3) is 3.56. The van der Waals surface area contributed by atoms with E-state index in [9.17, 15) is 13.6 Å². The van der Waals surface area contributed by atoms with Gasteiger partial charge in [0.1, 0.15) is 23.1 Å². The zero-order chi connectivity index (χ0) is 15.4. The second-order valence-electron chi connectivity index (χ2n) is 4.39. The molecule has 0 saturated carbocycles. The summed E-state index contributed by atoms with van der Waals surface area (Å²) in [5.41, 5.74) is -0.340. The predicted molar refractivity (Wildman–Crippen MR) is 72.9 cm³/mol. The SMILES string of the molecule is CCNc1c(F)cc(C(=O)NCc2ncc(C)o2)cc1F. The Morgan fingerprint density at radius 2 is 2.00 bits per heavy atom. The van der Waals surface area contributed by atoms with Crippen molar-refractivity contribution in [1.82, 2.24) is 10.3 Å². The lowest BCUT2D eigenvalue weighted by atomic mass is 10.1. The summed E-state index contributed by atoms with van der Waals surface area (Å²) in [5.74, 6) is -1.29. The first kappa shape index (κ1) is 15.0. The number of rotatable bonds is 5. The van der Waals surface area contributed by atoms with Crippen molar-refractivity contribution in [3.8, 4) is 0 Å². The fourth-order valence-corrected chi connectivity index (χ4v) is 1.79. The Morgan fingerprint density at radius 3 is 2.52 bits per heavy atom. The summed E-state index contributed by atoms with van der Waals surface area (Å²) >= 11 is 0. The van der Waals surface area contributed by atoms with Crippen LogP contribution in [0.15, 0.2) is 22.7 Å². The maximum atomic E-state index is 13.7. The highest BCUT2D eigenvalue weighted by Gasteiger charge is 2.15. The molecule has 7 heteroatoms. The lowest BCUT2D eigenvalue weighted by molar-refractivity contribution is 0.0946. The van der Waals surface area contributed by atoms with Gasteiger partial charge in [0, 0.05) is 12.1 Å². The van der Waals surface area contributed by atoms with Gasteiger partial charge in [-0.3, -0.25) is 4.79 Å². The molecule has 0 fully saturated rings. The number of anilines is 1. The quantitative estimate of drug-likeness (QED) is 0.890. The number of oxazole rings is 1. The van der Waals surface area contributed by atoms with Gasteiger partial charge < -0.3 is 15.1 Å². The fraction of sp³-hybridized carbons (Fsp3) is 0.286. The fourth-order valence-electron chi connectivity index (χ4n) is 1.79. The number of amides is 1. The van der Waals surface area contributed by atoms with Crippen LogP contribution in [0.2, 0.25) is 0 Å². The van der Waals surface area contributed by atoms with Gasteiger partial charge in [-0.05, 0) is 26.0 Å². The zero-order valence-corrected chi connectivity index (χ0v) is 11.7. The van der Waals surface area contributed by atoms with Crippen LogP contribution in [0.5, 0.6) is 0 Å². The van der Waals surface area contributed by atoms with E-state index in [-0.39, 0.29) is 17.8 Å². The maximum Gasteiger partial charge on any atom is 0.251 e. The van der Waals surface area contributed by atoms with Gasteiger partial charge in [-0.25, -0.2) is 13.8 Å². The molecule has 1 amide bonds. The summed E-state index contributed by atoms with van der Waals surface area (Å²) in [4.78, 5) is 15.8. The Morgan fingerprint density at radius 1 is 1.33 bits per heavy atom. The van der Waals surface area contributed by atoms with E-state index in [0.29, 0.717) is 18.2 Å². The van der Waals surface area contributed by atoms with Crippen LogP contribution in [0, 0.1) is 18.6 Å². The van der Waals surface area contributed by atoms with E-state index in [2.05, 4.69) is 15.6 Å². The molecule has 2 aromatic rings. The molecule has 2 N–H and O–H groups in total. The highest BCUT2D eigenvalue weighted by molar-refractivity contribution is 5.94. The monoisotopic (exact) mass is 295 g/mol. The van der Waals surface area contributed by atoms with Crippen LogP contribution in [-0.4, -0.2) is 17.4 Å². The number of benzene rings is 1. The molecule has 2 rings (SSSR count). The van der Waals surface area contributed by atoms with Crippen LogP contribution >= 0.6 is 0 Å². The zero-order valence-electron chi connectivity index (χ0n) is 11.7. The number of carbonyl (C=O) groups is 1. The van der Waals surface area contributed by atoms with E-state index in [1.807, 2.05) is 0 Å². The van der Waals surface area contributed by atoms with E-state index in [1.165, 1.54) is 6.20 Å². The van der Waals surface area contributed by atoms with Crippen molar-refractivity contribution < 1.29 is 18.0 Å². The standard InChI is InChI=1S/C14H15F2N3O2/c1-3-17-13-10(15)4-9(5-11(13)16)14(20)19-7-12-18-6-8(2)21-12/h4-6,17H,3,7H2,1-2H3,(H,19,20). The van der Waals surface area contributed by atoms with Gasteiger partial charge in [0.05, 0.1) is 12.7 Å². The van der Waals surface area contributed by atoms with Crippen LogP contribution in [0.25, 0.3) is 0 Å². The predicted octanol–water partition coefficient (Wildman–Crippen LogP) is 2.62. The van der Waals surface area contributed by atoms with Crippen molar-refractivity contribution in [2.75, 3.05) is 11.9 Å². The second-order valence-corrected chi connectivity index (χ2v) is 4.39. The average molecular weight is 295 g/mol. The van der Waals surface area contributed by atoms with Crippen molar-refractivity contribution in [3.05, 3.63) is 47.2 Å². The molecular weight excluding hydrogens is 280 g/mol.